The summed E-state index contributed by atoms with van der Waals surface area (Å²) in [5.74, 6) is 0.776. The van der Waals surface area contributed by atoms with Gasteiger partial charge < -0.3 is 0 Å². The van der Waals surface area contributed by atoms with Crippen LogP contribution in [-0.2, 0) is 10.9 Å². The quantitative estimate of drug-likeness (QED) is 0.362. The van der Waals surface area contributed by atoms with Crippen LogP contribution in [0.15, 0.2) is 87.5 Å². The third-order valence-electron chi connectivity index (χ3n) is 5.02. The average molecular weight is 380 g/mol. The lowest BCUT2D eigenvalue weighted by Gasteiger charge is -2.22. The van der Waals surface area contributed by atoms with Crippen LogP contribution in [0.1, 0.15) is 71.3 Å². The van der Waals surface area contributed by atoms with Gasteiger partial charge in [-0.25, -0.2) is 0 Å². The summed E-state index contributed by atoms with van der Waals surface area (Å²) in [6.45, 7) is 8.25. The molecule has 0 amide bonds. The maximum atomic E-state index is 2.39. The molecule has 0 bridgehead atoms. The van der Waals surface area contributed by atoms with Crippen molar-refractivity contribution in [2.45, 2.75) is 75.5 Å². The fraction of sp³-hybridized carbons (Fsp3) is 0.385. The van der Waals surface area contributed by atoms with Crippen LogP contribution in [0.4, 0.5) is 0 Å². The Bertz CT molecular complexity index is 704. The van der Waals surface area contributed by atoms with Crippen LogP contribution in [0, 0.1) is 0 Å². The highest BCUT2D eigenvalue weighted by molar-refractivity contribution is 8.00. The maximum Gasteiger partial charge on any atom is 0.166 e. The van der Waals surface area contributed by atoms with Gasteiger partial charge in [-0.3, -0.25) is 0 Å². The molecule has 2 aromatic rings. The molecular weight excluding hydrogens is 344 g/mol. The first kappa shape index (κ1) is 21.6. The van der Waals surface area contributed by atoms with Gasteiger partial charge in [0.15, 0.2) is 14.7 Å². The van der Waals surface area contributed by atoms with Gasteiger partial charge in [0.1, 0.15) is 0 Å². The highest BCUT2D eigenvalue weighted by Crippen LogP contribution is 2.35. The van der Waals surface area contributed by atoms with Gasteiger partial charge in [0, 0.05) is 0 Å². The molecule has 144 valence electrons. The van der Waals surface area contributed by atoms with Crippen LogP contribution in [-0.4, -0.2) is 0 Å². The van der Waals surface area contributed by atoms with Crippen LogP contribution in [0.25, 0.3) is 0 Å². The van der Waals surface area contributed by atoms with Crippen LogP contribution in [0.2, 0.25) is 0 Å². The molecule has 1 unspecified atom stereocenters. The summed E-state index contributed by atoms with van der Waals surface area (Å²) in [7, 11) is -0.0278. The topological polar surface area (TPSA) is 0 Å². The molecule has 0 aromatic heterocycles. The molecule has 0 radical (unpaired) electrons. The molecule has 1 saturated carbocycles. The highest BCUT2D eigenvalue weighted by Gasteiger charge is 2.29. The normalized spacial score (nSPS) is 16.7. The van der Waals surface area contributed by atoms with Gasteiger partial charge in [-0.2, -0.15) is 0 Å². The van der Waals surface area contributed by atoms with Crippen molar-refractivity contribution in [2.24, 2.45) is 0 Å². The lowest BCUT2D eigenvalue weighted by molar-refractivity contribution is 0.443. The van der Waals surface area contributed by atoms with E-state index in [4.69, 9.17) is 0 Å². The summed E-state index contributed by atoms with van der Waals surface area (Å²) in [6, 6.07) is 20.4. The van der Waals surface area contributed by atoms with Crippen molar-refractivity contribution in [2.75, 3.05) is 0 Å². The second kappa shape index (κ2) is 11.9. The van der Waals surface area contributed by atoms with E-state index in [-0.39, 0.29) is 10.9 Å². The van der Waals surface area contributed by atoms with E-state index >= 15 is 0 Å². The van der Waals surface area contributed by atoms with Crippen molar-refractivity contribution in [3.63, 3.8) is 0 Å². The number of rotatable bonds is 5. The Morgan fingerprint density at radius 2 is 1.41 bits per heavy atom. The first-order chi connectivity index (χ1) is 13.3. The van der Waals surface area contributed by atoms with Gasteiger partial charge in [0.25, 0.3) is 0 Å². The summed E-state index contributed by atoms with van der Waals surface area (Å²) in [6.07, 6.45) is 13.6. The summed E-state index contributed by atoms with van der Waals surface area (Å²) < 4.78 is 0. The lowest BCUT2D eigenvalue weighted by atomic mass is 9.84. The predicted molar refractivity (Wildman–Crippen MR) is 123 cm³/mol. The SMILES string of the molecule is C/C=C\C(=C/C)[S+](c1ccccc1)c1ccc(C2CCCCC2)cc1.CC. The van der Waals surface area contributed by atoms with Crippen molar-refractivity contribution in [1.82, 2.24) is 0 Å². The minimum absolute atomic E-state index is 0.0278. The average Bonchev–Trinajstić information content (AvgIpc) is 2.76. The largest absolute Gasteiger partial charge is 0.166 e. The Hall–Kier alpha value is -1.73. The number of benzene rings is 2. The fourth-order valence-corrected chi connectivity index (χ4v) is 5.89. The molecule has 1 fully saturated rings. The zero-order valence-corrected chi connectivity index (χ0v) is 18.3. The van der Waals surface area contributed by atoms with Gasteiger partial charge in [-0.05, 0) is 74.6 Å². The second-order valence-electron chi connectivity index (χ2n) is 6.71. The Labute approximate surface area is 169 Å². The molecule has 0 aliphatic heterocycles. The molecule has 1 heteroatoms. The van der Waals surface area contributed by atoms with E-state index in [1.165, 1.54) is 52.4 Å². The van der Waals surface area contributed by atoms with Crippen LogP contribution in [0.3, 0.4) is 0 Å². The first-order valence-electron chi connectivity index (χ1n) is 10.5. The highest BCUT2D eigenvalue weighted by atomic mass is 32.2. The van der Waals surface area contributed by atoms with Crippen molar-refractivity contribution < 1.29 is 0 Å². The lowest BCUT2D eigenvalue weighted by Crippen LogP contribution is -2.07. The van der Waals surface area contributed by atoms with Gasteiger partial charge in [0.2, 0.25) is 0 Å². The van der Waals surface area contributed by atoms with Crippen LogP contribution >= 0.6 is 0 Å². The smallest absolute Gasteiger partial charge is 0.0827 e. The summed E-state index contributed by atoms with van der Waals surface area (Å²) in [4.78, 5) is 4.19. The minimum atomic E-state index is -0.0278. The first-order valence-corrected chi connectivity index (χ1v) is 11.7. The van der Waals surface area contributed by atoms with Gasteiger partial charge in [-0.15, -0.1) is 0 Å². The zero-order valence-electron chi connectivity index (χ0n) is 17.4. The molecule has 0 N–H and O–H groups in total. The summed E-state index contributed by atoms with van der Waals surface area (Å²) in [5, 5.41) is 0. The third-order valence-corrected chi connectivity index (χ3v) is 7.35. The van der Waals surface area contributed by atoms with E-state index in [0.717, 1.165) is 5.92 Å². The van der Waals surface area contributed by atoms with Crippen molar-refractivity contribution in [3.05, 3.63) is 83.3 Å². The molecule has 2 aromatic carbocycles. The van der Waals surface area contributed by atoms with E-state index in [2.05, 4.69) is 86.7 Å². The zero-order chi connectivity index (χ0) is 19.5. The molecule has 1 aliphatic carbocycles. The molecule has 1 atom stereocenters. The minimum Gasteiger partial charge on any atom is -0.0827 e. The molecule has 0 spiro atoms. The Morgan fingerprint density at radius 1 is 0.815 bits per heavy atom. The molecule has 0 saturated heterocycles. The van der Waals surface area contributed by atoms with Crippen molar-refractivity contribution in [3.8, 4) is 0 Å². The molecule has 0 nitrogen and oxygen atoms in total. The van der Waals surface area contributed by atoms with E-state index < -0.39 is 0 Å². The van der Waals surface area contributed by atoms with Gasteiger partial charge in [-0.1, -0.05) is 69.5 Å². The van der Waals surface area contributed by atoms with Gasteiger partial charge >= 0.3 is 0 Å². The molecule has 1 aliphatic rings. The van der Waals surface area contributed by atoms with E-state index in [1.807, 2.05) is 13.8 Å². The molecule has 3 rings (SSSR count). The Balaban J connectivity index is 0.00000126. The van der Waals surface area contributed by atoms with Crippen molar-refractivity contribution in [1.29, 1.82) is 0 Å². The molecule has 27 heavy (non-hydrogen) atoms. The van der Waals surface area contributed by atoms with E-state index in [9.17, 15) is 0 Å². The summed E-state index contributed by atoms with van der Waals surface area (Å²) in [5.41, 5.74) is 1.54. The van der Waals surface area contributed by atoms with E-state index in [0.29, 0.717) is 0 Å². The Kier molecular flexibility index (Phi) is 9.48. The second-order valence-corrected chi connectivity index (χ2v) is 8.74. The maximum absolute atomic E-state index is 2.39. The fourth-order valence-electron chi connectivity index (χ4n) is 3.72. The van der Waals surface area contributed by atoms with Gasteiger partial charge in [0.05, 0.1) is 10.9 Å². The standard InChI is InChI=1S/C24H29S.C2H6/c1-3-11-22(4-2)25(23-14-9-6-10-15-23)24-18-16-21(17-19-24)20-12-7-5-8-13-20;1-2/h3-4,6,9-11,14-20H,5,7-8,12-13H2,1-2H3;1-2H3/q+1;/b11-3-,22-4+;. The number of hydrogen-bond acceptors (Lipinski definition) is 0. The van der Waals surface area contributed by atoms with E-state index in [1.54, 1.807) is 0 Å². The molecule has 0 heterocycles. The van der Waals surface area contributed by atoms with Crippen LogP contribution in [0.5, 0.6) is 0 Å². The summed E-state index contributed by atoms with van der Waals surface area (Å²) >= 11 is 0. The number of allylic oxidation sites excluding steroid dienone is 3. The third kappa shape index (κ3) is 5.87. The Morgan fingerprint density at radius 3 is 1.96 bits per heavy atom. The molecular formula is C26H35S+. The number of hydrogen-bond donors (Lipinski definition) is 0. The van der Waals surface area contributed by atoms with Crippen LogP contribution < -0.4 is 0 Å². The van der Waals surface area contributed by atoms with Crippen molar-refractivity contribution >= 4 is 10.9 Å². The monoisotopic (exact) mass is 379 g/mol. The predicted octanol–water partition coefficient (Wildman–Crippen LogP) is 8.28.